The minimum atomic E-state index is -0.451. The van der Waals surface area contributed by atoms with Crippen LogP contribution in [0.25, 0.3) is 0 Å². The maximum atomic E-state index is 14.0. The van der Waals surface area contributed by atoms with Gasteiger partial charge in [0.15, 0.2) is 11.6 Å². The van der Waals surface area contributed by atoms with Crippen LogP contribution in [0.3, 0.4) is 0 Å². The molecule has 2 fully saturated rings. The molecule has 0 saturated carbocycles. The Bertz CT molecular complexity index is 815. The van der Waals surface area contributed by atoms with Gasteiger partial charge in [0.2, 0.25) is 5.91 Å². The van der Waals surface area contributed by atoms with E-state index in [0.717, 1.165) is 11.8 Å². The highest BCUT2D eigenvalue weighted by atomic mass is 19.1. The topological polar surface area (TPSA) is 49.3 Å². The van der Waals surface area contributed by atoms with Crippen molar-refractivity contribution in [2.24, 2.45) is 11.8 Å². The van der Waals surface area contributed by atoms with E-state index in [4.69, 9.17) is 0 Å². The van der Waals surface area contributed by atoms with Crippen LogP contribution in [0, 0.1) is 23.5 Å². The van der Waals surface area contributed by atoms with Crippen LogP contribution < -0.4 is 4.90 Å². The standard InChI is InChI=1S/C18H18F2N4O/c1-11(25)24-8-13-7-23(18-16(20)6-21-10-22-18)9-15(13)17(24)12-3-2-4-14(19)5-12/h2-6,10,13,15,17H,7-9H2,1H3/t13-,15-,17+/m1/s1. The van der Waals surface area contributed by atoms with E-state index in [9.17, 15) is 13.6 Å². The van der Waals surface area contributed by atoms with Crippen LogP contribution in [-0.2, 0) is 4.79 Å². The van der Waals surface area contributed by atoms with E-state index in [2.05, 4.69) is 9.97 Å². The predicted octanol–water partition coefficient (Wildman–Crippen LogP) is 2.41. The highest BCUT2D eigenvalue weighted by molar-refractivity contribution is 5.74. The number of nitrogens with zero attached hydrogens (tertiary/aromatic N) is 4. The minimum Gasteiger partial charge on any atom is -0.353 e. The summed E-state index contributed by atoms with van der Waals surface area (Å²) < 4.78 is 27.7. The lowest BCUT2D eigenvalue weighted by molar-refractivity contribution is -0.130. The minimum absolute atomic E-state index is 0.0246. The molecule has 1 amide bonds. The number of likely N-dealkylation sites (tertiary alicyclic amines) is 1. The molecule has 2 saturated heterocycles. The zero-order valence-corrected chi connectivity index (χ0v) is 13.8. The molecule has 0 unspecified atom stereocenters. The summed E-state index contributed by atoms with van der Waals surface area (Å²) in [6.45, 7) is 3.32. The average Bonchev–Trinajstić information content (AvgIpc) is 3.12. The number of halogens is 2. The summed E-state index contributed by atoms with van der Waals surface area (Å²) in [7, 11) is 0. The van der Waals surface area contributed by atoms with E-state index in [-0.39, 0.29) is 35.4 Å². The van der Waals surface area contributed by atoms with Gasteiger partial charge in [-0.2, -0.15) is 0 Å². The molecule has 2 aliphatic rings. The molecule has 4 rings (SSSR count). The van der Waals surface area contributed by atoms with Crippen LogP contribution in [0.2, 0.25) is 0 Å². The molecule has 0 spiro atoms. The number of hydrogen-bond acceptors (Lipinski definition) is 4. The van der Waals surface area contributed by atoms with Crippen molar-refractivity contribution in [1.82, 2.24) is 14.9 Å². The van der Waals surface area contributed by atoms with E-state index in [1.165, 1.54) is 25.4 Å². The molecular weight excluding hydrogens is 326 g/mol. The van der Waals surface area contributed by atoms with Crippen molar-refractivity contribution >= 4 is 11.7 Å². The normalized spacial score (nSPS) is 25.3. The monoisotopic (exact) mass is 344 g/mol. The van der Waals surface area contributed by atoms with Crippen LogP contribution >= 0.6 is 0 Å². The van der Waals surface area contributed by atoms with Crippen LogP contribution in [-0.4, -0.2) is 40.4 Å². The molecule has 1 aromatic carbocycles. The van der Waals surface area contributed by atoms with Crippen molar-refractivity contribution in [3.05, 3.63) is 54.0 Å². The van der Waals surface area contributed by atoms with Gasteiger partial charge < -0.3 is 9.80 Å². The van der Waals surface area contributed by atoms with E-state index in [1.807, 2.05) is 11.0 Å². The van der Waals surface area contributed by atoms with Crippen molar-refractivity contribution in [3.63, 3.8) is 0 Å². The summed E-state index contributed by atoms with van der Waals surface area (Å²) in [6, 6.07) is 6.18. The molecule has 7 heteroatoms. The van der Waals surface area contributed by atoms with Crippen molar-refractivity contribution in [3.8, 4) is 0 Å². The number of aromatic nitrogens is 2. The van der Waals surface area contributed by atoms with E-state index in [0.29, 0.717) is 19.6 Å². The van der Waals surface area contributed by atoms with Crippen LogP contribution in [0.1, 0.15) is 18.5 Å². The van der Waals surface area contributed by atoms with Crippen molar-refractivity contribution in [2.45, 2.75) is 13.0 Å². The maximum absolute atomic E-state index is 14.0. The van der Waals surface area contributed by atoms with E-state index in [1.54, 1.807) is 11.0 Å². The average molecular weight is 344 g/mol. The van der Waals surface area contributed by atoms with Crippen molar-refractivity contribution in [1.29, 1.82) is 0 Å². The summed E-state index contributed by atoms with van der Waals surface area (Å²) >= 11 is 0. The fourth-order valence-electron chi connectivity index (χ4n) is 4.20. The molecule has 5 nitrogen and oxygen atoms in total. The summed E-state index contributed by atoms with van der Waals surface area (Å²) in [5.41, 5.74) is 0.785. The zero-order chi connectivity index (χ0) is 17.6. The first-order chi connectivity index (χ1) is 12.0. The van der Waals surface area contributed by atoms with E-state index >= 15 is 0 Å². The van der Waals surface area contributed by atoms with E-state index < -0.39 is 5.82 Å². The Morgan fingerprint density at radius 1 is 1.24 bits per heavy atom. The smallest absolute Gasteiger partial charge is 0.219 e. The Morgan fingerprint density at radius 2 is 2.08 bits per heavy atom. The maximum Gasteiger partial charge on any atom is 0.219 e. The SMILES string of the molecule is CC(=O)N1C[C@H]2CN(c3ncncc3F)C[C@H]2[C@@H]1c1cccc(F)c1. The van der Waals surface area contributed by atoms with Gasteiger partial charge >= 0.3 is 0 Å². The molecule has 2 aliphatic heterocycles. The molecular formula is C18H18F2N4O. The Kier molecular flexibility index (Phi) is 3.86. The van der Waals surface area contributed by atoms with Crippen LogP contribution in [0.5, 0.6) is 0 Å². The fraction of sp³-hybridized carbons (Fsp3) is 0.389. The lowest BCUT2D eigenvalue weighted by Crippen LogP contribution is -2.34. The summed E-state index contributed by atoms with van der Waals surface area (Å²) in [5, 5.41) is 0. The molecule has 3 heterocycles. The Balaban J connectivity index is 1.66. The predicted molar refractivity (Wildman–Crippen MR) is 87.7 cm³/mol. The van der Waals surface area contributed by atoms with Gasteiger partial charge in [-0.05, 0) is 17.7 Å². The number of carbonyl (C=O) groups excluding carboxylic acids is 1. The number of rotatable bonds is 2. The first-order valence-corrected chi connectivity index (χ1v) is 8.27. The number of hydrogen-bond donors (Lipinski definition) is 0. The molecule has 0 aliphatic carbocycles. The van der Waals surface area contributed by atoms with Gasteiger partial charge in [0.05, 0.1) is 12.2 Å². The van der Waals surface area contributed by atoms with Gasteiger partial charge in [-0.1, -0.05) is 12.1 Å². The zero-order valence-electron chi connectivity index (χ0n) is 13.8. The second kappa shape index (κ2) is 6.06. The third-order valence-electron chi connectivity index (χ3n) is 5.21. The van der Waals surface area contributed by atoms with Gasteiger partial charge in [-0.3, -0.25) is 4.79 Å². The lowest BCUT2D eigenvalue weighted by Gasteiger charge is -2.29. The van der Waals surface area contributed by atoms with Gasteiger partial charge in [0.1, 0.15) is 12.1 Å². The molecule has 0 radical (unpaired) electrons. The van der Waals surface area contributed by atoms with Gasteiger partial charge in [0.25, 0.3) is 0 Å². The third kappa shape index (κ3) is 2.73. The second-order valence-corrected chi connectivity index (χ2v) is 6.69. The highest BCUT2D eigenvalue weighted by Gasteiger charge is 2.49. The summed E-state index contributed by atoms with van der Waals surface area (Å²) in [6.07, 6.45) is 2.49. The number of fused-ring (bicyclic) bond motifs is 1. The molecule has 0 N–H and O–H groups in total. The Labute approximate surface area is 144 Å². The first-order valence-electron chi connectivity index (χ1n) is 8.27. The molecule has 2 aromatic rings. The molecule has 3 atom stereocenters. The van der Waals surface area contributed by atoms with Gasteiger partial charge in [0, 0.05) is 38.4 Å². The number of carbonyl (C=O) groups is 1. The van der Waals surface area contributed by atoms with Gasteiger partial charge in [-0.25, -0.2) is 18.7 Å². The molecule has 0 bridgehead atoms. The molecule has 1 aromatic heterocycles. The first kappa shape index (κ1) is 15.9. The Hall–Kier alpha value is -2.57. The quantitative estimate of drug-likeness (QED) is 0.839. The number of anilines is 1. The molecule has 130 valence electrons. The van der Waals surface area contributed by atoms with Crippen molar-refractivity contribution < 1.29 is 13.6 Å². The largest absolute Gasteiger partial charge is 0.353 e. The summed E-state index contributed by atoms with van der Waals surface area (Å²) in [4.78, 5) is 23.5. The highest BCUT2D eigenvalue weighted by Crippen LogP contribution is 2.45. The fourth-order valence-corrected chi connectivity index (χ4v) is 4.20. The number of amides is 1. The van der Waals surface area contributed by atoms with Crippen molar-refractivity contribution in [2.75, 3.05) is 24.5 Å². The Morgan fingerprint density at radius 3 is 2.80 bits per heavy atom. The van der Waals surface area contributed by atoms with Crippen LogP contribution in [0.4, 0.5) is 14.6 Å². The lowest BCUT2D eigenvalue weighted by atomic mass is 9.89. The van der Waals surface area contributed by atoms with Gasteiger partial charge in [-0.15, -0.1) is 0 Å². The van der Waals surface area contributed by atoms with Crippen LogP contribution in [0.15, 0.2) is 36.8 Å². The summed E-state index contributed by atoms with van der Waals surface area (Å²) in [5.74, 6) is -0.193. The molecule has 25 heavy (non-hydrogen) atoms. The third-order valence-corrected chi connectivity index (χ3v) is 5.21. The number of benzene rings is 1. The second-order valence-electron chi connectivity index (χ2n) is 6.69.